The van der Waals surface area contributed by atoms with Gasteiger partial charge in [-0.3, -0.25) is 5.32 Å². The van der Waals surface area contributed by atoms with E-state index in [1.54, 1.807) is 12.1 Å². The average Bonchev–Trinajstić information content (AvgIpc) is 3.15. The van der Waals surface area contributed by atoms with Crippen molar-refractivity contribution in [3.63, 3.8) is 0 Å². The van der Waals surface area contributed by atoms with Crippen LogP contribution in [0.25, 0.3) is 0 Å². The molecule has 1 N–H and O–H groups in total. The zero-order valence-corrected chi connectivity index (χ0v) is 11.3. The number of halogens is 1. The second-order valence-electron chi connectivity index (χ2n) is 4.89. The molecule has 1 aromatic rings. The van der Waals surface area contributed by atoms with Crippen LogP contribution in [0, 0.1) is 17.1 Å². The molecule has 1 atom stereocenters. The Balaban J connectivity index is 1.83. The minimum Gasteiger partial charge on any atom is -0.297 e. The molecule has 2 rings (SSSR count). The van der Waals surface area contributed by atoms with Gasteiger partial charge in [0.15, 0.2) is 0 Å². The monoisotopic (exact) mass is 264 g/mol. The summed E-state index contributed by atoms with van der Waals surface area (Å²) in [5.41, 5.74) is -0.487. The molecule has 0 amide bonds. The molecule has 2 nitrogen and oxygen atoms in total. The maximum Gasteiger partial charge on any atom is 0.136 e. The molecule has 18 heavy (non-hydrogen) atoms. The van der Waals surface area contributed by atoms with Crippen LogP contribution in [0.2, 0.25) is 0 Å². The Morgan fingerprint density at radius 2 is 2.22 bits per heavy atom. The normalized spacial score (nSPS) is 18.1. The van der Waals surface area contributed by atoms with Gasteiger partial charge >= 0.3 is 0 Å². The van der Waals surface area contributed by atoms with Gasteiger partial charge in [-0.2, -0.15) is 5.26 Å². The zero-order valence-electron chi connectivity index (χ0n) is 10.4. The van der Waals surface area contributed by atoms with E-state index in [9.17, 15) is 9.65 Å². The van der Waals surface area contributed by atoms with E-state index in [0.29, 0.717) is 10.9 Å². The lowest BCUT2D eigenvalue weighted by Crippen LogP contribution is -2.42. The van der Waals surface area contributed by atoms with Crippen LogP contribution < -0.4 is 5.32 Å². The van der Waals surface area contributed by atoms with Crippen molar-refractivity contribution in [3.05, 3.63) is 30.1 Å². The van der Waals surface area contributed by atoms with Gasteiger partial charge in [0, 0.05) is 16.7 Å². The summed E-state index contributed by atoms with van der Waals surface area (Å²) in [5.74, 6) is 0.557. The first-order valence-corrected chi connectivity index (χ1v) is 7.18. The van der Waals surface area contributed by atoms with E-state index < -0.39 is 5.54 Å². The molecule has 1 unspecified atom stereocenters. The second-order valence-corrected chi connectivity index (χ2v) is 6.03. The number of hydrogen-bond acceptors (Lipinski definition) is 3. The van der Waals surface area contributed by atoms with Crippen molar-refractivity contribution in [2.75, 3.05) is 5.75 Å². The van der Waals surface area contributed by atoms with Crippen molar-refractivity contribution in [2.45, 2.75) is 42.7 Å². The fourth-order valence-corrected chi connectivity index (χ4v) is 2.88. The van der Waals surface area contributed by atoms with E-state index in [1.165, 1.54) is 17.8 Å². The fourth-order valence-electron chi connectivity index (χ4n) is 1.77. The summed E-state index contributed by atoms with van der Waals surface area (Å²) in [5, 5.41) is 12.6. The number of nitriles is 1. The molecular formula is C14H17FN2S. The van der Waals surface area contributed by atoms with E-state index >= 15 is 0 Å². The van der Waals surface area contributed by atoms with E-state index in [0.717, 1.165) is 25.0 Å². The molecule has 96 valence electrons. The third-order valence-electron chi connectivity index (χ3n) is 3.04. The predicted molar refractivity (Wildman–Crippen MR) is 71.9 cm³/mol. The molecule has 0 radical (unpaired) electrons. The van der Waals surface area contributed by atoms with Crippen molar-refractivity contribution in [3.8, 4) is 6.07 Å². The number of thioether (sulfide) groups is 1. The Morgan fingerprint density at radius 1 is 1.50 bits per heavy atom. The van der Waals surface area contributed by atoms with E-state index in [-0.39, 0.29) is 5.82 Å². The highest BCUT2D eigenvalue weighted by Crippen LogP contribution is 2.27. The van der Waals surface area contributed by atoms with Crippen molar-refractivity contribution in [1.82, 2.24) is 5.32 Å². The molecule has 1 aliphatic rings. The molecule has 0 aliphatic heterocycles. The van der Waals surface area contributed by atoms with E-state index in [1.807, 2.05) is 13.0 Å². The number of nitrogens with zero attached hydrogens (tertiary/aromatic N) is 1. The van der Waals surface area contributed by atoms with E-state index in [2.05, 4.69) is 11.4 Å². The van der Waals surface area contributed by atoms with Gasteiger partial charge in [-0.1, -0.05) is 12.1 Å². The number of rotatable bonds is 6. The molecular weight excluding hydrogens is 247 g/mol. The highest BCUT2D eigenvalue weighted by Gasteiger charge is 2.32. The summed E-state index contributed by atoms with van der Waals surface area (Å²) in [4.78, 5) is 0.657. The van der Waals surface area contributed by atoms with Gasteiger partial charge in [-0.25, -0.2) is 4.39 Å². The largest absolute Gasteiger partial charge is 0.297 e. The van der Waals surface area contributed by atoms with Crippen molar-refractivity contribution >= 4 is 11.8 Å². The van der Waals surface area contributed by atoms with Gasteiger partial charge in [-0.15, -0.1) is 11.8 Å². The maximum absolute atomic E-state index is 13.4. The lowest BCUT2D eigenvalue weighted by atomic mass is 10.0. The number of benzene rings is 1. The average molecular weight is 264 g/mol. The predicted octanol–water partition coefficient (Wildman–Crippen LogP) is 3.34. The second kappa shape index (κ2) is 5.73. The van der Waals surface area contributed by atoms with Crippen molar-refractivity contribution in [1.29, 1.82) is 5.26 Å². The lowest BCUT2D eigenvalue weighted by molar-refractivity contribution is 0.433. The Hall–Kier alpha value is -1.05. The molecule has 0 heterocycles. The smallest absolute Gasteiger partial charge is 0.136 e. The van der Waals surface area contributed by atoms with Gasteiger partial charge in [0.2, 0.25) is 0 Å². The molecule has 0 saturated heterocycles. The first-order chi connectivity index (χ1) is 8.63. The zero-order chi connectivity index (χ0) is 13.0. The van der Waals surface area contributed by atoms with Crippen LogP contribution in [0.15, 0.2) is 29.2 Å². The summed E-state index contributed by atoms with van der Waals surface area (Å²) in [7, 11) is 0. The van der Waals surface area contributed by atoms with Crippen LogP contribution >= 0.6 is 11.8 Å². The molecule has 4 heteroatoms. The van der Waals surface area contributed by atoms with Crippen LogP contribution in [0.4, 0.5) is 4.39 Å². The molecule has 0 spiro atoms. The summed E-state index contributed by atoms with van der Waals surface area (Å²) in [6.07, 6.45) is 3.05. The summed E-state index contributed by atoms with van der Waals surface area (Å²) < 4.78 is 13.4. The molecule has 0 bridgehead atoms. The van der Waals surface area contributed by atoms with Gasteiger partial charge < -0.3 is 0 Å². The van der Waals surface area contributed by atoms with E-state index in [4.69, 9.17) is 0 Å². The van der Waals surface area contributed by atoms with Crippen molar-refractivity contribution < 1.29 is 4.39 Å². The highest BCUT2D eigenvalue weighted by molar-refractivity contribution is 7.99. The van der Waals surface area contributed by atoms with Crippen LogP contribution in [0.5, 0.6) is 0 Å². The topological polar surface area (TPSA) is 35.8 Å². The first kappa shape index (κ1) is 13.4. The highest BCUT2D eigenvalue weighted by atomic mass is 32.2. The Bertz CT molecular complexity index is 453. The molecule has 1 fully saturated rings. The van der Waals surface area contributed by atoms with Crippen LogP contribution in [-0.4, -0.2) is 17.3 Å². The minimum absolute atomic E-state index is 0.184. The maximum atomic E-state index is 13.4. The van der Waals surface area contributed by atoms with Crippen LogP contribution in [-0.2, 0) is 0 Å². The van der Waals surface area contributed by atoms with Crippen LogP contribution in [0.1, 0.15) is 26.2 Å². The summed E-state index contributed by atoms with van der Waals surface area (Å²) >= 11 is 1.47. The first-order valence-electron chi connectivity index (χ1n) is 6.19. The minimum atomic E-state index is -0.487. The Morgan fingerprint density at radius 3 is 2.83 bits per heavy atom. The summed E-state index contributed by atoms with van der Waals surface area (Å²) in [6, 6.07) is 9.60. The number of hydrogen-bond donors (Lipinski definition) is 1. The van der Waals surface area contributed by atoms with Gasteiger partial charge in [0.05, 0.1) is 6.07 Å². The molecule has 1 aliphatic carbocycles. The SMILES string of the molecule is CC(C#N)(CCSc1ccccc1F)NC1CC1. The quantitative estimate of drug-likeness (QED) is 0.800. The fraction of sp³-hybridized carbons (Fsp3) is 0.500. The Kier molecular flexibility index (Phi) is 4.26. The van der Waals surface area contributed by atoms with Crippen molar-refractivity contribution in [2.24, 2.45) is 0 Å². The summed E-state index contributed by atoms with van der Waals surface area (Å²) in [6.45, 7) is 1.92. The third kappa shape index (κ3) is 3.72. The van der Waals surface area contributed by atoms with Gasteiger partial charge in [0.25, 0.3) is 0 Å². The number of nitrogens with one attached hydrogen (secondary N) is 1. The van der Waals surface area contributed by atoms with Gasteiger partial charge in [0.1, 0.15) is 11.4 Å². The van der Waals surface area contributed by atoms with Crippen LogP contribution in [0.3, 0.4) is 0 Å². The lowest BCUT2D eigenvalue weighted by Gasteiger charge is -2.22. The third-order valence-corrected chi connectivity index (χ3v) is 4.09. The Labute approximate surface area is 112 Å². The standard InChI is InChI=1S/C14H17FN2S/c1-14(10-16,17-11-6-7-11)8-9-18-13-5-3-2-4-12(13)15/h2-5,11,17H,6-9H2,1H3. The van der Waals surface area contributed by atoms with Gasteiger partial charge in [-0.05, 0) is 38.3 Å². The molecule has 0 aromatic heterocycles. The molecule has 1 aromatic carbocycles. The molecule has 1 saturated carbocycles.